The highest BCUT2D eigenvalue weighted by Gasteiger charge is 2.37. The quantitative estimate of drug-likeness (QED) is 0.863. The highest BCUT2D eigenvalue weighted by molar-refractivity contribution is 5.90. The van der Waals surface area contributed by atoms with Crippen molar-refractivity contribution in [3.8, 4) is 0 Å². The third kappa shape index (κ3) is 3.13. The second kappa shape index (κ2) is 5.03. The highest BCUT2D eigenvalue weighted by atomic mass is 16.5. The molecule has 0 aliphatic carbocycles. The Morgan fingerprint density at radius 3 is 2.79 bits per heavy atom. The lowest BCUT2D eigenvalue weighted by atomic mass is 9.86. The number of rotatable bonds is 2. The van der Waals surface area contributed by atoms with Gasteiger partial charge in [-0.1, -0.05) is 25.9 Å². The number of carbonyl (C=O) groups is 2. The fraction of sp³-hybridized carbons (Fsp3) is 0.615. The predicted octanol–water partition coefficient (Wildman–Crippen LogP) is 0.938. The van der Waals surface area contributed by atoms with E-state index in [-0.39, 0.29) is 17.2 Å². The van der Waals surface area contributed by atoms with E-state index in [4.69, 9.17) is 4.52 Å². The van der Waals surface area contributed by atoms with Gasteiger partial charge < -0.3 is 14.7 Å². The van der Waals surface area contributed by atoms with Gasteiger partial charge in [0.2, 0.25) is 11.8 Å². The first-order valence-corrected chi connectivity index (χ1v) is 6.35. The molecule has 0 bridgehead atoms. The van der Waals surface area contributed by atoms with E-state index >= 15 is 0 Å². The summed E-state index contributed by atoms with van der Waals surface area (Å²) < 4.78 is 4.77. The van der Waals surface area contributed by atoms with Gasteiger partial charge in [0.1, 0.15) is 18.0 Å². The topological polar surface area (TPSA) is 75.4 Å². The summed E-state index contributed by atoms with van der Waals surface area (Å²) in [5.41, 5.74) is 0.370. The molecule has 1 aliphatic rings. The molecule has 1 unspecified atom stereocenters. The first-order chi connectivity index (χ1) is 8.88. The standard InChI is InChI=1S/C13H19N3O3/c1-13(2,3)11-12(18)16(6-4-10(17)14-11)8-9-5-7-19-15-9/h5,7,11H,4,6,8H2,1-3H3,(H,14,17). The van der Waals surface area contributed by atoms with Crippen molar-refractivity contribution in [2.45, 2.75) is 39.8 Å². The molecule has 0 saturated carbocycles. The molecule has 19 heavy (non-hydrogen) atoms. The van der Waals surface area contributed by atoms with Crippen molar-refractivity contribution in [1.29, 1.82) is 0 Å². The summed E-state index contributed by atoms with van der Waals surface area (Å²) in [6.45, 7) is 6.60. The smallest absolute Gasteiger partial charge is 0.246 e. The number of aromatic nitrogens is 1. The Hall–Kier alpha value is -1.85. The predicted molar refractivity (Wildman–Crippen MR) is 67.9 cm³/mol. The van der Waals surface area contributed by atoms with E-state index in [1.165, 1.54) is 6.26 Å². The van der Waals surface area contributed by atoms with E-state index in [0.29, 0.717) is 25.2 Å². The number of carbonyl (C=O) groups excluding carboxylic acids is 2. The lowest BCUT2D eigenvalue weighted by Crippen LogP contribution is -2.51. The van der Waals surface area contributed by atoms with Crippen LogP contribution in [0.1, 0.15) is 32.9 Å². The summed E-state index contributed by atoms with van der Waals surface area (Å²) in [4.78, 5) is 25.9. The van der Waals surface area contributed by atoms with E-state index in [9.17, 15) is 9.59 Å². The molecular formula is C13H19N3O3. The van der Waals surface area contributed by atoms with E-state index in [1.807, 2.05) is 20.8 Å². The van der Waals surface area contributed by atoms with E-state index < -0.39 is 6.04 Å². The summed E-state index contributed by atoms with van der Waals surface area (Å²) in [6, 6.07) is 1.22. The van der Waals surface area contributed by atoms with Crippen LogP contribution in [0.25, 0.3) is 0 Å². The highest BCUT2D eigenvalue weighted by Crippen LogP contribution is 2.23. The Labute approximate surface area is 112 Å². The summed E-state index contributed by atoms with van der Waals surface area (Å²) in [7, 11) is 0. The Balaban J connectivity index is 2.19. The summed E-state index contributed by atoms with van der Waals surface area (Å²) in [5, 5.41) is 6.61. The number of nitrogens with zero attached hydrogens (tertiary/aromatic N) is 2. The molecule has 2 amide bonds. The minimum atomic E-state index is -0.505. The third-order valence-corrected chi connectivity index (χ3v) is 3.18. The number of hydrogen-bond acceptors (Lipinski definition) is 4. The molecule has 0 radical (unpaired) electrons. The van der Waals surface area contributed by atoms with Gasteiger partial charge in [0.15, 0.2) is 0 Å². The van der Waals surface area contributed by atoms with Crippen molar-refractivity contribution < 1.29 is 14.1 Å². The van der Waals surface area contributed by atoms with Gasteiger partial charge in [0, 0.05) is 19.0 Å². The maximum Gasteiger partial charge on any atom is 0.246 e. The summed E-state index contributed by atoms with van der Waals surface area (Å²) in [5.74, 6) is -0.155. The zero-order valence-electron chi connectivity index (χ0n) is 11.5. The monoisotopic (exact) mass is 265 g/mol. The Kier molecular flexibility index (Phi) is 3.59. The van der Waals surface area contributed by atoms with Crippen LogP contribution in [0.4, 0.5) is 0 Å². The second-order valence-electron chi connectivity index (χ2n) is 5.87. The molecule has 2 rings (SSSR count). The zero-order valence-corrected chi connectivity index (χ0v) is 11.5. The van der Waals surface area contributed by atoms with Crippen molar-refractivity contribution in [3.63, 3.8) is 0 Å². The van der Waals surface area contributed by atoms with Crippen LogP contribution in [0.3, 0.4) is 0 Å². The molecule has 6 heteroatoms. The molecule has 1 fully saturated rings. The van der Waals surface area contributed by atoms with Gasteiger partial charge in [-0.15, -0.1) is 0 Å². The van der Waals surface area contributed by atoms with Crippen LogP contribution in [0.15, 0.2) is 16.9 Å². The average Bonchev–Trinajstić information content (AvgIpc) is 2.77. The number of hydrogen-bond donors (Lipinski definition) is 1. The van der Waals surface area contributed by atoms with Crippen molar-refractivity contribution in [2.75, 3.05) is 6.54 Å². The van der Waals surface area contributed by atoms with Gasteiger partial charge in [-0.2, -0.15) is 0 Å². The maximum absolute atomic E-state index is 12.5. The Morgan fingerprint density at radius 2 is 2.21 bits per heavy atom. The normalized spacial score (nSPS) is 21.2. The minimum Gasteiger partial charge on any atom is -0.364 e. The first kappa shape index (κ1) is 13.6. The molecule has 1 aliphatic heterocycles. The molecule has 2 heterocycles. The molecule has 1 saturated heterocycles. The molecule has 1 aromatic rings. The van der Waals surface area contributed by atoms with E-state index in [0.717, 1.165) is 0 Å². The van der Waals surface area contributed by atoms with Crippen molar-refractivity contribution in [2.24, 2.45) is 5.41 Å². The number of nitrogens with one attached hydrogen (secondary N) is 1. The van der Waals surface area contributed by atoms with Gasteiger partial charge in [-0.3, -0.25) is 9.59 Å². The van der Waals surface area contributed by atoms with Gasteiger partial charge >= 0.3 is 0 Å². The average molecular weight is 265 g/mol. The molecule has 6 nitrogen and oxygen atoms in total. The Morgan fingerprint density at radius 1 is 1.47 bits per heavy atom. The van der Waals surface area contributed by atoms with Crippen LogP contribution in [0, 0.1) is 5.41 Å². The lowest BCUT2D eigenvalue weighted by Gasteiger charge is -2.32. The molecule has 0 aromatic carbocycles. The third-order valence-electron chi connectivity index (χ3n) is 3.18. The molecular weight excluding hydrogens is 246 g/mol. The van der Waals surface area contributed by atoms with Crippen molar-refractivity contribution in [3.05, 3.63) is 18.0 Å². The van der Waals surface area contributed by atoms with Crippen LogP contribution in [-0.4, -0.2) is 34.5 Å². The molecule has 104 valence electrons. The van der Waals surface area contributed by atoms with Crippen molar-refractivity contribution >= 4 is 11.8 Å². The van der Waals surface area contributed by atoms with E-state index in [1.54, 1.807) is 11.0 Å². The molecule has 1 atom stereocenters. The van der Waals surface area contributed by atoms with Gasteiger partial charge in [0.25, 0.3) is 0 Å². The fourth-order valence-corrected chi connectivity index (χ4v) is 2.08. The van der Waals surface area contributed by atoms with Gasteiger partial charge in [0.05, 0.1) is 6.54 Å². The first-order valence-electron chi connectivity index (χ1n) is 6.35. The van der Waals surface area contributed by atoms with Crippen LogP contribution in [0.2, 0.25) is 0 Å². The van der Waals surface area contributed by atoms with Gasteiger partial charge in [-0.25, -0.2) is 0 Å². The SMILES string of the molecule is CC(C)(C)C1NC(=O)CCN(Cc2ccon2)C1=O. The van der Waals surface area contributed by atoms with Crippen LogP contribution in [0.5, 0.6) is 0 Å². The van der Waals surface area contributed by atoms with E-state index in [2.05, 4.69) is 10.5 Å². The largest absolute Gasteiger partial charge is 0.364 e. The zero-order chi connectivity index (χ0) is 14.0. The molecule has 0 spiro atoms. The Bertz CT molecular complexity index is 462. The maximum atomic E-state index is 12.5. The number of amides is 2. The van der Waals surface area contributed by atoms with Gasteiger partial charge in [-0.05, 0) is 5.41 Å². The van der Waals surface area contributed by atoms with Crippen LogP contribution >= 0.6 is 0 Å². The second-order valence-corrected chi connectivity index (χ2v) is 5.87. The lowest BCUT2D eigenvalue weighted by molar-refractivity contribution is -0.137. The minimum absolute atomic E-state index is 0.0682. The summed E-state index contributed by atoms with van der Waals surface area (Å²) in [6.07, 6.45) is 1.79. The molecule has 1 aromatic heterocycles. The molecule has 1 N–H and O–H groups in total. The van der Waals surface area contributed by atoms with Crippen LogP contribution in [-0.2, 0) is 16.1 Å². The van der Waals surface area contributed by atoms with Crippen molar-refractivity contribution in [1.82, 2.24) is 15.4 Å². The van der Waals surface area contributed by atoms with Crippen LogP contribution < -0.4 is 5.32 Å². The summed E-state index contributed by atoms with van der Waals surface area (Å²) >= 11 is 0. The fourth-order valence-electron chi connectivity index (χ4n) is 2.08.